The summed E-state index contributed by atoms with van der Waals surface area (Å²) in [4.78, 5) is 40.7. The summed E-state index contributed by atoms with van der Waals surface area (Å²) >= 11 is 0. The minimum atomic E-state index is -0.501. The van der Waals surface area contributed by atoms with E-state index in [1.807, 2.05) is 0 Å². The van der Waals surface area contributed by atoms with Crippen LogP contribution in [0.4, 0.5) is 10.5 Å². The standard InChI is InChI=1S/C17H17N5O4/c1-2-18-17(25)21-13-10-19-14-12(6-3-7-22(14)16(13)24)15(23)20-9-11-5-4-8-26-11/h3-8,10H,2,9H2,1H3,(H,20,23)(H2,18,21,25). The van der Waals surface area contributed by atoms with Crippen molar-refractivity contribution in [1.82, 2.24) is 20.0 Å². The van der Waals surface area contributed by atoms with Crippen molar-refractivity contribution in [2.75, 3.05) is 11.9 Å². The largest absolute Gasteiger partial charge is 0.467 e. The van der Waals surface area contributed by atoms with Gasteiger partial charge in [0.1, 0.15) is 11.4 Å². The van der Waals surface area contributed by atoms with Crippen LogP contribution in [0, 0.1) is 0 Å². The Bertz CT molecular complexity index is 994. The Hall–Kier alpha value is -3.62. The Labute approximate surface area is 148 Å². The smallest absolute Gasteiger partial charge is 0.319 e. The lowest BCUT2D eigenvalue weighted by molar-refractivity contribution is 0.0949. The quantitative estimate of drug-likeness (QED) is 0.639. The first kappa shape index (κ1) is 17.2. The van der Waals surface area contributed by atoms with Gasteiger partial charge in [-0.1, -0.05) is 0 Å². The lowest BCUT2D eigenvalue weighted by Gasteiger charge is -2.09. The molecule has 0 aliphatic carbocycles. The zero-order valence-electron chi connectivity index (χ0n) is 14.0. The van der Waals surface area contributed by atoms with Crippen LogP contribution in [-0.4, -0.2) is 27.9 Å². The van der Waals surface area contributed by atoms with E-state index >= 15 is 0 Å². The first-order chi connectivity index (χ1) is 12.6. The molecular formula is C17H17N5O4. The normalized spacial score (nSPS) is 10.5. The fourth-order valence-electron chi connectivity index (χ4n) is 2.37. The molecule has 3 rings (SSSR count). The van der Waals surface area contributed by atoms with Crippen LogP contribution < -0.4 is 21.5 Å². The third-order valence-corrected chi connectivity index (χ3v) is 3.57. The molecule has 0 aliphatic rings. The molecule has 3 amide bonds. The molecule has 3 N–H and O–H groups in total. The van der Waals surface area contributed by atoms with Gasteiger partial charge in [-0.2, -0.15) is 0 Å². The Morgan fingerprint density at radius 3 is 2.81 bits per heavy atom. The highest BCUT2D eigenvalue weighted by atomic mass is 16.3. The molecule has 0 saturated carbocycles. The third-order valence-electron chi connectivity index (χ3n) is 3.57. The van der Waals surface area contributed by atoms with Crippen molar-refractivity contribution in [3.63, 3.8) is 0 Å². The third kappa shape index (κ3) is 3.56. The molecule has 26 heavy (non-hydrogen) atoms. The van der Waals surface area contributed by atoms with E-state index in [2.05, 4.69) is 20.9 Å². The molecule has 9 heteroatoms. The summed E-state index contributed by atoms with van der Waals surface area (Å²) in [7, 11) is 0. The number of fused-ring (bicyclic) bond motifs is 1. The van der Waals surface area contributed by atoms with Gasteiger partial charge in [-0.25, -0.2) is 9.78 Å². The summed E-state index contributed by atoms with van der Waals surface area (Å²) in [5.41, 5.74) is -0.0415. The number of hydrogen-bond acceptors (Lipinski definition) is 5. The lowest BCUT2D eigenvalue weighted by atomic mass is 10.2. The second-order valence-electron chi connectivity index (χ2n) is 5.34. The van der Waals surface area contributed by atoms with Gasteiger partial charge >= 0.3 is 6.03 Å². The molecule has 0 atom stereocenters. The van der Waals surface area contributed by atoms with Crippen molar-refractivity contribution in [3.8, 4) is 0 Å². The van der Waals surface area contributed by atoms with Crippen LogP contribution in [0.1, 0.15) is 23.0 Å². The maximum absolute atomic E-state index is 12.5. The van der Waals surface area contributed by atoms with E-state index in [0.717, 1.165) is 0 Å². The topological polar surface area (TPSA) is 118 Å². The van der Waals surface area contributed by atoms with Gasteiger partial charge in [0.15, 0.2) is 5.65 Å². The molecule has 0 unspecified atom stereocenters. The van der Waals surface area contributed by atoms with Gasteiger partial charge in [-0.15, -0.1) is 0 Å². The van der Waals surface area contributed by atoms with E-state index in [9.17, 15) is 14.4 Å². The first-order valence-electron chi connectivity index (χ1n) is 7.96. The van der Waals surface area contributed by atoms with Crippen molar-refractivity contribution < 1.29 is 14.0 Å². The Kier molecular flexibility index (Phi) is 4.97. The molecule has 134 valence electrons. The second kappa shape index (κ2) is 7.51. The number of amides is 3. The predicted octanol–water partition coefficient (Wildman–Crippen LogP) is 1.36. The Morgan fingerprint density at radius 1 is 1.23 bits per heavy atom. The number of urea groups is 1. The SMILES string of the molecule is CCNC(=O)Nc1cnc2c(C(=O)NCc3ccco3)cccn2c1=O. The number of nitrogens with one attached hydrogen (secondary N) is 3. The molecule has 0 aliphatic heterocycles. The maximum Gasteiger partial charge on any atom is 0.319 e. The van der Waals surface area contributed by atoms with Crippen LogP contribution in [-0.2, 0) is 6.54 Å². The van der Waals surface area contributed by atoms with Crippen LogP contribution in [0.5, 0.6) is 0 Å². The summed E-state index contributed by atoms with van der Waals surface area (Å²) < 4.78 is 6.38. The molecule has 0 aromatic carbocycles. The molecule has 3 aromatic rings. The van der Waals surface area contributed by atoms with Crippen LogP contribution in [0.15, 0.2) is 52.1 Å². The van der Waals surface area contributed by atoms with Crippen molar-refractivity contribution in [3.05, 3.63) is 64.6 Å². The predicted molar refractivity (Wildman–Crippen MR) is 94.0 cm³/mol. The van der Waals surface area contributed by atoms with Crippen LogP contribution in [0.3, 0.4) is 0 Å². The van der Waals surface area contributed by atoms with Gasteiger partial charge in [-0.3, -0.25) is 14.0 Å². The number of furan rings is 1. The van der Waals surface area contributed by atoms with E-state index < -0.39 is 17.5 Å². The van der Waals surface area contributed by atoms with Crippen LogP contribution in [0.2, 0.25) is 0 Å². The molecule has 3 heterocycles. The van der Waals surface area contributed by atoms with Crippen LogP contribution in [0.25, 0.3) is 5.65 Å². The maximum atomic E-state index is 12.5. The Morgan fingerprint density at radius 2 is 2.08 bits per heavy atom. The summed E-state index contributed by atoms with van der Waals surface area (Å²) in [6.07, 6.45) is 4.23. The number of rotatable bonds is 5. The van der Waals surface area contributed by atoms with E-state index in [0.29, 0.717) is 12.3 Å². The molecule has 0 bridgehead atoms. The molecule has 0 radical (unpaired) electrons. The van der Waals surface area contributed by atoms with Crippen molar-refractivity contribution in [2.24, 2.45) is 0 Å². The number of carbonyl (C=O) groups excluding carboxylic acids is 2. The van der Waals surface area contributed by atoms with E-state index in [1.165, 1.54) is 23.1 Å². The average molecular weight is 355 g/mol. The summed E-state index contributed by atoms with van der Waals surface area (Å²) in [6, 6.07) is 6.10. The highest BCUT2D eigenvalue weighted by molar-refractivity contribution is 5.99. The molecule has 0 spiro atoms. The molecule has 0 fully saturated rings. The first-order valence-corrected chi connectivity index (χ1v) is 7.96. The van der Waals surface area contributed by atoms with E-state index in [1.54, 1.807) is 31.2 Å². The fourth-order valence-corrected chi connectivity index (χ4v) is 2.37. The van der Waals surface area contributed by atoms with Gasteiger partial charge in [-0.05, 0) is 31.2 Å². The molecule has 3 aromatic heterocycles. The van der Waals surface area contributed by atoms with Gasteiger partial charge < -0.3 is 20.4 Å². The summed E-state index contributed by atoms with van der Waals surface area (Å²) in [5, 5.41) is 7.68. The fraction of sp³-hybridized carbons (Fsp3) is 0.176. The van der Waals surface area contributed by atoms with Crippen molar-refractivity contribution in [2.45, 2.75) is 13.5 Å². The lowest BCUT2D eigenvalue weighted by Crippen LogP contribution is -2.32. The van der Waals surface area contributed by atoms with Gasteiger partial charge in [0, 0.05) is 12.7 Å². The van der Waals surface area contributed by atoms with E-state index in [-0.39, 0.29) is 23.4 Å². The number of carbonyl (C=O) groups is 2. The second-order valence-corrected chi connectivity index (χ2v) is 5.34. The minimum absolute atomic E-state index is 0.0154. The van der Waals surface area contributed by atoms with Crippen LogP contribution >= 0.6 is 0 Å². The summed E-state index contributed by atoms with van der Waals surface area (Å²) in [5.74, 6) is 0.216. The minimum Gasteiger partial charge on any atom is -0.467 e. The number of nitrogens with zero attached hydrogens (tertiary/aromatic N) is 2. The van der Waals surface area contributed by atoms with Gasteiger partial charge in [0.05, 0.1) is 24.6 Å². The highest BCUT2D eigenvalue weighted by Gasteiger charge is 2.15. The number of pyridine rings is 1. The monoisotopic (exact) mass is 355 g/mol. The summed E-state index contributed by atoms with van der Waals surface area (Å²) in [6.45, 7) is 2.40. The molecular weight excluding hydrogens is 338 g/mol. The average Bonchev–Trinajstić information content (AvgIpc) is 3.15. The Balaban J connectivity index is 1.88. The highest BCUT2D eigenvalue weighted by Crippen LogP contribution is 2.09. The van der Waals surface area contributed by atoms with Gasteiger partial charge in [0.25, 0.3) is 11.5 Å². The number of hydrogen-bond donors (Lipinski definition) is 3. The van der Waals surface area contributed by atoms with Crippen molar-refractivity contribution >= 4 is 23.3 Å². The number of aromatic nitrogens is 2. The molecule has 0 saturated heterocycles. The van der Waals surface area contributed by atoms with E-state index in [4.69, 9.17) is 4.42 Å². The molecule has 9 nitrogen and oxygen atoms in total. The zero-order chi connectivity index (χ0) is 18.5. The number of anilines is 1. The van der Waals surface area contributed by atoms with Crippen molar-refractivity contribution in [1.29, 1.82) is 0 Å². The van der Waals surface area contributed by atoms with Gasteiger partial charge in [0.2, 0.25) is 0 Å². The zero-order valence-corrected chi connectivity index (χ0v) is 14.0.